The number of ether oxygens (including phenoxy) is 1. The fourth-order valence-corrected chi connectivity index (χ4v) is 3.56. The largest absolute Gasteiger partial charge is 0.497 e. The van der Waals surface area contributed by atoms with E-state index in [1.54, 1.807) is 67.2 Å². The van der Waals surface area contributed by atoms with Crippen LogP contribution in [0.3, 0.4) is 0 Å². The van der Waals surface area contributed by atoms with Gasteiger partial charge in [-0.05, 0) is 67.9 Å². The first-order valence-corrected chi connectivity index (χ1v) is 10.7. The summed E-state index contributed by atoms with van der Waals surface area (Å²) in [6, 6.07) is 21.3. The van der Waals surface area contributed by atoms with Gasteiger partial charge in [-0.25, -0.2) is 4.68 Å². The van der Waals surface area contributed by atoms with Gasteiger partial charge in [-0.2, -0.15) is 5.10 Å². The molecule has 0 unspecified atom stereocenters. The molecule has 4 aromatic rings. The van der Waals surface area contributed by atoms with Gasteiger partial charge in [-0.15, -0.1) is 0 Å². The number of nitrogens with zero attached hydrogens (tertiary/aromatic N) is 2. The monoisotopic (exact) mass is 459 g/mol. The topological polar surface area (TPSA) is 73.2 Å². The summed E-state index contributed by atoms with van der Waals surface area (Å²) in [5.41, 5.74) is 3.23. The zero-order valence-electron chi connectivity index (χ0n) is 18.4. The zero-order valence-corrected chi connectivity index (χ0v) is 19.2. The molecule has 1 aromatic heterocycles. The summed E-state index contributed by atoms with van der Waals surface area (Å²) in [4.78, 5) is 26.4. The van der Waals surface area contributed by atoms with Crippen LogP contribution >= 0.6 is 11.6 Å². The minimum Gasteiger partial charge on any atom is -0.497 e. The van der Waals surface area contributed by atoms with Crippen molar-refractivity contribution >= 4 is 23.3 Å². The van der Waals surface area contributed by atoms with Gasteiger partial charge in [0.1, 0.15) is 17.3 Å². The van der Waals surface area contributed by atoms with Crippen molar-refractivity contribution in [3.63, 3.8) is 0 Å². The number of amides is 1. The number of aryl methyl sites for hydroxylation is 2. The van der Waals surface area contributed by atoms with Gasteiger partial charge >= 0.3 is 0 Å². The molecule has 6 nitrogen and oxygen atoms in total. The quantitative estimate of drug-likeness (QED) is 0.432. The predicted octanol–water partition coefficient (Wildman–Crippen LogP) is 5.43. The van der Waals surface area contributed by atoms with E-state index < -0.39 is 0 Å². The molecule has 0 spiro atoms. The Morgan fingerprint density at radius 2 is 1.58 bits per heavy atom. The van der Waals surface area contributed by atoms with Crippen LogP contribution in [0.15, 0.2) is 77.6 Å². The van der Waals surface area contributed by atoms with Gasteiger partial charge in [0.05, 0.1) is 18.4 Å². The van der Waals surface area contributed by atoms with Gasteiger partial charge < -0.3 is 10.1 Å². The molecule has 0 aliphatic carbocycles. The van der Waals surface area contributed by atoms with Crippen molar-refractivity contribution in [1.29, 1.82) is 0 Å². The maximum atomic E-state index is 13.2. The summed E-state index contributed by atoms with van der Waals surface area (Å²) < 4.78 is 6.73. The molecule has 0 fully saturated rings. The number of carbonyl (C=O) groups excluding carboxylic acids is 1. The van der Waals surface area contributed by atoms with Crippen molar-refractivity contribution in [3.05, 3.63) is 105 Å². The van der Waals surface area contributed by atoms with Gasteiger partial charge in [0.2, 0.25) is 5.43 Å². The second-order valence-electron chi connectivity index (χ2n) is 7.58. The van der Waals surface area contributed by atoms with Gasteiger partial charge in [0.25, 0.3) is 5.91 Å². The van der Waals surface area contributed by atoms with Gasteiger partial charge in [0, 0.05) is 10.6 Å². The number of rotatable bonds is 5. The van der Waals surface area contributed by atoms with Crippen molar-refractivity contribution in [2.45, 2.75) is 13.8 Å². The molecule has 0 aliphatic heterocycles. The standard InChI is InChI=1S/C26H22ClN3O3/c1-16-4-6-18(7-5-16)23-24(31)17(2)29-30(21-12-10-20(27)11-13-21)25(23)28-26(32)19-8-14-22(33-3)15-9-19/h4-15H,1-3H3,(H,28,32). The summed E-state index contributed by atoms with van der Waals surface area (Å²) in [6.45, 7) is 3.63. The highest BCUT2D eigenvalue weighted by molar-refractivity contribution is 6.30. The zero-order chi connectivity index (χ0) is 23.5. The first-order chi connectivity index (χ1) is 15.9. The summed E-state index contributed by atoms with van der Waals surface area (Å²) in [7, 11) is 1.56. The molecule has 1 heterocycles. The molecule has 0 atom stereocenters. The maximum absolute atomic E-state index is 13.2. The van der Waals surface area contributed by atoms with E-state index in [9.17, 15) is 9.59 Å². The van der Waals surface area contributed by atoms with E-state index >= 15 is 0 Å². The van der Waals surface area contributed by atoms with E-state index in [0.29, 0.717) is 38.8 Å². The van der Waals surface area contributed by atoms with E-state index in [-0.39, 0.29) is 17.2 Å². The van der Waals surface area contributed by atoms with Crippen LogP contribution in [0.2, 0.25) is 5.02 Å². The summed E-state index contributed by atoms with van der Waals surface area (Å²) >= 11 is 6.07. The van der Waals surface area contributed by atoms with Crippen LogP contribution in [0, 0.1) is 13.8 Å². The summed E-state index contributed by atoms with van der Waals surface area (Å²) in [5.74, 6) is 0.540. The Morgan fingerprint density at radius 1 is 0.939 bits per heavy atom. The number of hydrogen-bond donors (Lipinski definition) is 1. The molecule has 166 valence electrons. The second-order valence-corrected chi connectivity index (χ2v) is 8.01. The fourth-order valence-electron chi connectivity index (χ4n) is 3.43. The maximum Gasteiger partial charge on any atom is 0.256 e. The summed E-state index contributed by atoms with van der Waals surface area (Å²) in [6.07, 6.45) is 0. The second kappa shape index (κ2) is 9.30. The number of halogens is 1. The first-order valence-electron chi connectivity index (χ1n) is 10.3. The molecule has 0 aliphatic rings. The smallest absolute Gasteiger partial charge is 0.256 e. The lowest BCUT2D eigenvalue weighted by Gasteiger charge is -2.18. The molecule has 1 amide bonds. The van der Waals surface area contributed by atoms with Gasteiger partial charge in [-0.1, -0.05) is 41.4 Å². The molecule has 7 heteroatoms. The van der Waals surface area contributed by atoms with Gasteiger partial charge in [0.15, 0.2) is 0 Å². The number of aromatic nitrogens is 2. The number of hydrogen-bond acceptors (Lipinski definition) is 4. The lowest BCUT2D eigenvalue weighted by Crippen LogP contribution is -2.25. The van der Waals surface area contributed by atoms with E-state index in [1.807, 2.05) is 31.2 Å². The minimum atomic E-state index is -0.376. The Hall–Kier alpha value is -3.90. The van der Waals surface area contributed by atoms with E-state index in [4.69, 9.17) is 16.3 Å². The van der Waals surface area contributed by atoms with Crippen LogP contribution in [-0.4, -0.2) is 22.8 Å². The molecular formula is C26H22ClN3O3. The van der Waals surface area contributed by atoms with Crippen molar-refractivity contribution in [1.82, 2.24) is 9.78 Å². The molecule has 1 N–H and O–H groups in total. The molecule has 0 saturated heterocycles. The molecule has 4 rings (SSSR count). The van der Waals surface area contributed by atoms with Crippen LogP contribution in [-0.2, 0) is 0 Å². The summed E-state index contributed by atoms with van der Waals surface area (Å²) in [5, 5.41) is 7.96. The lowest BCUT2D eigenvalue weighted by molar-refractivity contribution is 0.102. The third-order valence-corrected chi connectivity index (χ3v) is 5.50. The fraction of sp³-hybridized carbons (Fsp3) is 0.115. The third-order valence-electron chi connectivity index (χ3n) is 5.25. The number of methoxy groups -OCH3 is 1. The number of anilines is 1. The van der Waals surface area contributed by atoms with E-state index in [0.717, 1.165) is 5.56 Å². The Labute approximate surface area is 196 Å². The minimum absolute atomic E-state index is 0.255. The number of nitrogens with one attached hydrogen (secondary N) is 1. The SMILES string of the molecule is COc1ccc(C(=O)Nc2c(-c3ccc(C)cc3)c(=O)c(C)nn2-c2ccc(Cl)cc2)cc1. The molecule has 0 radical (unpaired) electrons. The molecule has 0 saturated carbocycles. The van der Waals surface area contributed by atoms with Crippen LogP contribution in [0.4, 0.5) is 5.82 Å². The number of benzene rings is 3. The Bertz CT molecular complexity index is 1360. The first kappa shape index (κ1) is 22.3. The lowest BCUT2D eigenvalue weighted by atomic mass is 10.0. The molecule has 33 heavy (non-hydrogen) atoms. The van der Waals surface area contributed by atoms with Crippen molar-refractivity contribution in [3.8, 4) is 22.6 Å². The van der Waals surface area contributed by atoms with Crippen molar-refractivity contribution < 1.29 is 9.53 Å². The number of carbonyl (C=O) groups is 1. The predicted molar refractivity (Wildman–Crippen MR) is 131 cm³/mol. The highest BCUT2D eigenvalue weighted by Gasteiger charge is 2.21. The molecule has 3 aromatic carbocycles. The Balaban J connectivity index is 1.91. The van der Waals surface area contributed by atoms with Crippen LogP contribution in [0.1, 0.15) is 21.6 Å². The molecular weight excluding hydrogens is 438 g/mol. The highest BCUT2D eigenvalue weighted by Crippen LogP contribution is 2.28. The average molecular weight is 460 g/mol. The average Bonchev–Trinajstić information content (AvgIpc) is 2.83. The van der Waals surface area contributed by atoms with Crippen molar-refractivity contribution in [2.24, 2.45) is 0 Å². The Kier molecular flexibility index (Phi) is 6.29. The van der Waals surface area contributed by atoms with Crippen molar-refractivity contribution in [2.75, 3.05) is 12.4 Å². The highest BCUT2D eigenvalue weighted by atomic mass is 35.5. The Morgan fingerprint density at radius 3 is 2.18 bits per heavy atom. The normalized spacial score (nSPS) is 10.7. The van der Waals surface area contributed by atoms with Gasteiger partial charge in [-0.3, -0.25) is 9.59 Å². The van der Waals surface area contributed by atoms with Crippen LogP contribution in [0.5, 0.6) is 5.75 Å². The van der Waals surface area contributed by atoms with E-state index in [1.165, 1.54) is 0 Å². The van der Waals surface area contributed by atoms with Crippen LogP contribution in [0.25, 0.3) is 16.8 Å². The third kappa shape index (κ3) is 4.66. The van der Waals surface area contributed by atoms with E-state index in [2.05, 4.69) is 10.4 Å². The van der Waals surface area contributed by atoms with Crippen LogP contribution < -0.4 is 15.5 Å². The molecule has 0 bridgehead atoms.